The number of hydrogen-bond donors (Lipinski definition) is 1. The molecule has 2 aromatic carbocycles. The van der Waals surface area contributed by atoms with E-state index >= 15 is 0 Å². The van der Waals surface area contributed by atoms with Crippen molar-refractivity contribution in [2.45, 2.75) is 26.0 Å². The van der Waals surface area contributed by atoms with Crippen LogP contribution in [0.5, 0.6) is 11.5 Å². The van der Waals surface area contributed by atoms with Crippen LogP contribution in [0.15, 0.2) is 48.5 Å². The monoisotopic (exact) mass is 425 g/mol. The maximum atomic E-state index is 13.0. The maximum Gasteiger partial charge on any atom is 0.263 e. The number of carbonyl (C=O) groups excluding carboxylic acids is 3. The molecule has 0 unspecified atom stereocenters. The minimum Gasteiger partial charge on any atom is -0.493 e. The highest BCUT2D eigenvalue weighted by Gasteiger charge is 2.33. The standard InChI is InChI=1S/C23H27N3O5/c1-15-14-25(23(29)17-7-5-4-6-8-17)11-12-26(15)22(28)16(2)31-19-10-9-18(21(24)27)13-20(19)30-3/h4-10,13,15-16H,11-12,14H2,1-3H3,(H2,24,27)/t15-,16+/m1/s1. The van der Waals surface area contributed by atoms with Crippen LogP contribution in [0.2, 0.25) is 0 Å². The molecule has 0 saturated carbocycles. The van der Waals surface area contributed by atoms with Gasteiger partial charge in [-0.2, -0.15) is 0 Å². The molecule has 2 N–H and O–H groups in total. The van der Waals surface area contributed by atoms with Crippen molar-refractivity contribution in [3.63, 3.8) is 0 Å². The summed E-state index contributed by atoms with van der Waals surface area (Å²) >= 11 is 0. The summed E-state index contributed by atoms with van der Waals surface area (Å²) in [6, 6.07) is 13.5. The van der Waals surface area contributed by atoms with Crippen LogP contribution in [0.4, 0.5) is 0 Å². The largest absolute Gasteiger partial charge is 0.493 e. The second-order valence-electron chi connectivity index (χ2n) is 7.49. The normalized spacial score (nSPS) is 17.1. The Kier molecular flexibility index (Phi) is 6.79. The first-order valence-corrected chi connectivity index (χ1v) is 10.1. The highest BCUT2D eigenvalue weighted by molar-refractivity contribution is 5.94. The van der Waals surface area contributed by atoms with Gasteiger partial charge in [0.2, 0.25) is 5.91 Å². The molecule has 3 amide bonds. The molecule has 0 aromatic heterocycles. The van der Waals surface area contributed by atoms with Gasteiger partial charge in [0.15, 0.2) is 17.6 Å². The summed E-state index contributed by atoms with van der Waals surface area (Å²) in [7, 11) is 1.45. The van der Waals surface area contributed by atoms with Crippen LogP contribution in [-0.4, -0.2) is 66.4 Å². The second-order valence-corrected chi connectivity index (χ2v) is 7.49. The van der Waals surface area contributed by atoms with E-state index in [1.807, 2.05) is 25.1 Å². The Bertz CT molecular complexity index is 963. The molecule has 2 atom stereocenters. The fourth-order valence-electron chi connectivity index (χ4n) is 3.63. The van der Waals surface area contributed by atoms with Crippen LogP contribution in [0.3, 0.4) is 0 Å². The van der Waals surface area contributed by atoms with E-state index in [1.165, 1.54) is 19.2 Å². The van der Waals surface area contributed by atoms with E-state index in [0.29, 0.717) is 36.7 Å². The Labute approximate surface area is 181 Å². The van der Waals surface area contributed by atoms with Crippen LogP contribution < -0.4 is 15.2 Å². The molecular formula is C23H27N3O5. The molecule has 1 aliphatic heterocycles. The van der Waals surface area contributed by atoms with Crippen molar-refractivity contribution >= 4 is 17.7 Å². The summed E-state index contributed by atoms with van der Waals surface area (Å²) in [5.74, 6) is -0.129. The van der Waals surface area contributed by atoms with Gasteiger partial charge in [0, 0.05) is 36.8 Å². The predicted octanol–water partition coefficient (Wildman–Crippen LogP) is 1.93. The number of amides is 3. The Hall–Kier alpha value is -3.55. The first-order valence-electron chi connectivity index (χ1n) is 10.1. The van der Waals surface area contributed by atoms with Crippen molar-refractivity contribution in [2.75, 3.05) is 26.7 Å². The molecule has 0 radical (unpaired) electrons. The van der Waals surface area contributed by atoms with E-state index in [-0.39, 0.29) is 23.4 Å². The van der Waals surface area contributed by atoms with Crippen LogP contribution in [-0.2, 0) is 4.79 Å². The van der Waals surface area contributed by atoms with Gasteiger partial charge in [-0.1, -0.05) is 18.2 Å². The number of carbonyl (C=O) groups is 3. The number of methoxy groups -OCH3 is 1. The SMILES string of the molecule is COc1cc(C(N)=O)ccc1O[C@@H](C)C(=O)N1CCN(C(=O)c2ccccc2)C[C@H]1C. The van der Waals surface area contributed by atoms with Gasteiger partial charge in [0.1, 0.15) is 0 Å². The van der Waals surface area contributed by atoms with Gasteiger partial charge in [-0.05, 0) is 44.2 Å². The Morgan fingerprint density at radius 3 is 2.35 bits per heavy atom. The molecule has 1 fully saturated rings. The van der Waals surface area contributed by atoms with E-state index < -0.39 is 12.0 Å². The van der Waals surface area contributed by atoms with E-state index in [9.17, 15) is 14.4 Å². The smallest absolute Gasteiger partial charge is 0.263 e. The number of benzene rings is 2. The molecule has 0 spiro atoms. The third-order valence-corrected chi connectivity index (χ3v) is 5.32. The zero-order chi connectivity index (χ0) is 22.5. The predicted molar refractivity (Wildman–Crippen MR) is 115 cm³/mol. The molecule has 2 aromatic rings. The molecule has 0 bridgehead atoms. The van der Waals surface area contributed by atoms with Crippen LogP contribution >= 0.6 is 0 Å². The summed E-state index contributed by atoms with van der Waals surface area (Å²) in [6.07, 6.45) is -0.771. The van der Waals surface area contributed by atoms with Crippen molar-refractivity contribution in [1.82, 2.24) is 9.80 Å². The first kappa shape index (κ1) is 22.1. The summed E-state index contributed by atoms with van der Waals surface area (Å²) in [6.45, 7) is 4.90. The van der Waals surface area contributed by atoms with E-state index in [1.54, 1.807) is 34.9 Å². The number of rotatable bonds is 6. The van der Waals surface area contributed by atoms with Gasteiger partial charge in [0.05, 0.1) is 7.11 Å². The summed E-state index contributed by atoms with van der Waals surface area (Å²) in [5, 5.41) is 0. The van der Waals surface area contributed by atoms with Gasteiger partial charge in [-0.15, -0.1) is 0 Å². The lowest BCUT2D eigenvalue weighted by molar-refractivity contribution is -0.142. The molecule has 164 valence electrons. The lowest BCUT2D eigenvalue weighted by Gasteiger charge is -2.40. The summed E-state index contributed by atoms with van der Waals surface area (Å²) in [4.78, 5) is 40.6. The van der Waals surface area contributed by atoms with E-state index in [2.05, 4.69) is 0 Å². The molecule has 1 aliphatic rings. The Morgan fingerprint density at radius 2 is 1.74 bits per heavy atom. The van der Waals surface area contributed by atoms with Gasteiger partial charge in [-0.25, -0.2) is 0 Å². The molecule has 0 aliphatic carbocycles. The zero-order valence-electron chi connectivity index (χ0n) is 17.9. The fourth-order valence-corrected chi connectivity index (χ4v) is 3.63. The van der Waals surface area contributed by atoms with Crippen molar-refractivity contribution in [3.8, 4) is 11.5 Å². The number of nitrogens with zero attached hydrogens (tertiary/aromatic N) is 2. The number of piperazine rings is 1. The average Bonchev–Trinajstić information content (AvgIpc) is 2.78. The highest BCUT2D eigenvalue weighted by atomic mass is 16.5. The van der Waals surface area contributed by atoms with Crippen molar-refractivity contribution in [3.05, 3.63) is 59.7 Å². The topological polar surface area (TPSA) is 102 Å². The van der Waals surface area contributed by atoms with Crippen molar-refractivity contribution in [2.24, 2.45) is 5.73 Å². The Morgan fingerprint density at radius 1 is 1.03 bits per heavy atom. The van der Waals surface area contributed by atoms with Crippen LogP contribution in [0.1, 0.15) is 34.6 Å². The third-order valence-electron chi connectivity index (χ3n) is 5.32. The number of nitrogens with two attached hydrogens (primary N) is 1. The number of hydrogen-bond acceptors (Lipinski definition) is 5. The van der Waals surface area contributed by atoms with Crippen LogP contribution in [0, 0.1) is 0 Å². The quantitative estimate of drug-likeness (QED) is 0.762. The molecule has 8 heteroatoms. The lowest BCUT2D eigenvalue weighted by Crippen LogP contribution is -2.57. The lowest BCUT2D eigenvalue weighted by atomic mass is 10.1. The van der Waals surface area contributed by atoms with Crippen molar-refractivity contribution in [1.29, 1.82) is 0 Å². The van der Waals surface area contributed by atoms with E-state index in [0.717, 1.165) is 0 Å². The first-order chi connectivity index (χ1) is 14.8. The minimum absolute atomic E-state index is 0.0388. The third kappa shape index (κ3) is 4.96. The van der Waals surface area contributed by atoms with E-state index in [4.69, 9.17) is 15.2 Å². The average molecular weight is 425 g/mol. The maximum absolute atomic E-state index is 13.0. The minimum atomic E-state index is -0.771. The van der Waals surface area contributed by atoms with Gasteiger partial charge in [-0.3, -0.25) is 14.4 Å². The highest BCUT2D eigenvalue weighted by Crippen LogP contribution is 2.29. The number of ether oxygens (including phenoxy) is 2. The molecule has 31 heavy (non-hydrogen) atoms. The molecule has 3 rings (SSSR count). The zero-order valence-corrected chi connectivity index (χ0v) is 17.9. The molecule has 1 saturated heterocycles. The summed E-state index contributed by atoms with van der Waals surface area (Å²) < 4.78 is 11.1. The molecule has 1 heterocycles. The van der Waals surface area contributed by atoms with Gasteiger partial charge >= 0.3 is 0 Å². The second kappa shape index (κ2) is 9.51. The van der Waals surface area contributed by atoms with Gasteiger partial charge in [0.25, 0.3) is 11.8 Å². The van der Waals surface area contributed by atoms with Crippen molar-refractivity contribution < 1.29 is 23.9 Å². The van der Waals surface area contributed by atoms with Gasteiger partial charge < -0.3 is 25.0 Å². The molecular weight excluding hydrogens is 398 g/mol. The summed E-state index contributed by atoms with van der Waals surface area (Å²) in [5.41, 5.74) is 6.22. The Balaban J connectivity index is 1.64. The van der Waals surface area contributed by atoms with Crippen LogP contribution in [0.25, 0.3) is 0 Å². The fraction of sp³-hybridized carbons (Fsp3) is 0.348. The molecule has 8 nitrogen and oxygen atoms in total. The number of primary amides is 1.